The Kier molecular flexibility index (Phi) is 2.87. The van der Waals surface area contributed by atoms with Crippen molar-refractivity contribution in [1.82, 2.24) is 0 Å². The molecule has 0 amide bonds. The van der Waals surface area contributed by atoms with Gasteiger partial charge in [-0.2, -0.15) is 5.26 Å². The molecule has 0 aromatic rings. The second-order valence-corrected chi connectivity index (χ2v) is 2.82. The molecule has 64 valence electrons. The third-order valence-electron chi connectivity index (χ3n) is 1.83. The van der Waals surface area contributed by atoms with Gasteiger partial charge in [0.2, 0.25) is 0 Å². The molecule has 1 aliphatic carbocycles. The molecule has 0 bridgehead atoms. The topological polar surface area (TPSA) is 50.1 Å². The van der Waals surface area contributed by atoms with Crippen LogP contribution in [-0.4, -0.2) is 12.1 Å². The Hall–Kier alpha value is -1.30. The van der Waals surface area contributed by atoms with Gasteiger partial charge in [0.25, 0.3) is 0 Å². The molecule has 0 heterocycles. The number of carbonyl (C=O) groups is 1. The first-order valence-electron chi connectivity index (χ1n) is 3.97. The summed E-state index contributed by atoms with van der Waals surface area (Å²) in [5, 5.41) is 8.70. The van der Waals surface area contributed by atoms with E-state index in [0.29, 0.717) is 0 Å². The Morgan fingerprint density at radius 2 is 2.50 bits per heavy atom. The second kappa shape index (κ2) is 3.91. The summed E-state index contributed by atoms with van der Waals surface area (Å²) in [6.45, 7) is 1.36. The number of carbonyl (C=O) groups excluding carboxylic acids is 1. The molecule has 0 saturated heterocycles. The average molecular weight is 165 g/mol. The van der Waals surface area contributed by atoms with Crippen molar-refractivity contribution >= 4 is 5.97 Å². The van der Waals surface area contributed by atoms with Gasteiger partial charge in [0.05, 0.1) is 12.0 Å². The molecule has 0 radical (unpaired) electrons. The number of hydrogen-bond donors (Lipinski definition) is 0. The number of nitrogens with zero attached hydrogens (tertiary/aromatic N) is 1. The molecule has 0 saturated carbocycles. The molecule has 0 fully saturated rings. The highest BCUT2D eigenvalue weighted by molar-refractivity contribution is 5.66. The Morgan fingerprint density at radius 3 is 3.08 bits per heavy atom. The molecule has 12 heavy (non-hydrogen) atoms. The molecule has 3 nitrogen and oxygen atoms in total. The predicted octanol–water partition coefficient (Wildman–Crippen LogP) is 1.41. The van der Waals surface area contributed by atoms with E-state index in [2.05, 4.69) is 6.07 Å². The second-order valence-electron chi connectivity index (χ2n) is 2.82. The highest BCUT2D eigenvalue weighted by Gasteiger charge is 2.23. The van der Waals surface area contributed by atoms with Gasteiger partial charge in [0.1, 0.15) is 6.10 Å². The van der Waals surface area contributed by atoms with Crippen molar-refractivity contribution < 1.29 is 9.53 Å². The fourth-order valence-corrected chi connectivity index (χ4v) is 1.26. The number of nitriles is 1. The summed E-state index contributed by atoms with van der Waals surface area (Å²) in [4.78, 5) is 10.6. The summed E-state index contributed by atoms with van der Waals surface area (Å²) in [5.41, 5.74) is 0. The fourth-order valence-electron chi connectivity index (χ4n) is 1.26. The molecule has 0 unspecified atom stereocenters. The number of esters is 1. The zero-order valence-electron chi connectivity index (χ0n) is 6.99. The van der Waals surface area contributed by atoms with Crippen molar-refractivity contribution in [3.8, 4) is 6.07 Å². The molecule has 1 rings (SSSR count). The lowest BCUT2D eigenvalue weighted by Crippen LogP contribution is -2.25. The quantitative estimate of drug-likeness (QED) is 0.436. The van der Waals surface area contributed by atoms with E-state index in [1.165, 1.54) is 6.92 Å². The maximum absolute atomic E-state index is 10.6. The van der Waals surface area contributed by atoms with E-state index in [1.54, 1.807) is 6.08 Å². The third kappa shape index (κ3) is 2.09. The smallest absolute Gasteiger partial charge is 0.303 e. The molecular weight excluding hydrogens is 154 g/mol. The number of ether oxygens (including phenoxy) is 1. The van der Waals surface area contributed by atoms with Crippen LogP contribution in [0.4, 0.5) is 0 Å². The molecular formula is C9H11NO2. The molecule has 0 N–H and O–H groups in total. The summed E-state index contributed by atoms with van der Waals surface area (Å²) in [5.74, 6) is -0.495. The van der Waals surface area contributed by atoms with E-state index in [1.807, 2.05) is 6.08 Å². The molecule has 2 atom stereocenters. The van der Waals surface area contributed by atoms with E-state index in [0.717, 1.165) is 12.8 Å². The van der Waals surface area contributed by atoms with E-state index >= 15 is 0 Å². The van der Waals surface area contributed by atoms with Crippen LogP contribution in [0, 0.1) is 17.2 Å². The lowest BCUT2D eigenvalue weighted by atomic mass is 9.93. The Bertz CT molecular complexity index is 239. The lowest BCUT2D eigenvalue weighted by molar-refractivity contribution is -0.145. The van der Waals surface area contributed by atoms with Crippen LogP contribution in [-0.2, 0) is 9.53 Å². The van der Waals surface area contributed by atoms with Crippen LogP contribution in [0.1, 0.15) is 19.8 Å². The predicted molar refractivity (Wildman–Crippen MR) is 43.0 cm³/mol. The minimum absolute atomic E-state index is 0.168. The fraction of sp³-hybridized carbons (Fsp3) is 0.556. The Labute approximate surface area is 71.6 Å². The van der Waals surface area contributed by atoms with Gasteiger partial charge in [-0.15, -0.1) is 0 Å². The van der Waals surface area contributed by atoms with E-state index < -0.39 is 0 Å². The summed E-state index contributed by atoms with van der Waals surface area (Å²) in [6.07, 6.45) is 5.09. The summed E-state index contributed by atoms with van der Waals surface area (Å²) in [6, 6.07) is 2.13. The van der Waals surface area contributed by atoms with Gasteiger partial charge in [-0.05, 0) is 18.9 Å². The standard InChI is InChI=1S/C9H11NO2/c1-7(11)12-9-5-3-2-4-8(9)6-10/h3,5,8-9H,2,4H2,1H3/t8-,9-/m1/s1. The SMILES string of the molecule is CC(=O)O[C@@H]1C=CCC[C@@H]1C#N. The van der Waals surface area contributed by atoms with Crippen LogP contribution < -0.4 is 0 Å². The minimum atomic E-state index is -0.332. The van der Waals surface area contributed by atoms with Crippen molar-refractivity contribution in [2.45, 2.75) is 25.9 Å². The van der Waals surface area contributed by atoms with Crippen molar-refractivity contribution in [3.05, 3.63) is 12.2 Å². The molecule has 0 aromatic heterocycles. The van der Waals surface area contributed by atoms with Gasteiger partial charge in [0.15, 0.2) is 0 Å². The monoisotopic (exact) mass is 165 g/mol. The molecule has 1 aliphatic rings. The van der Waals surface area contributed by atoms with Crippen LogP contribution in [0.15, 0.2) is 12.2 Å². The normalized spacial score (nSPS) is 27.7. The van der Waals surface area contributed by atoms with E-state index in [-0.39, 0.29) is 18.0 Å². The lowest BCUT2D eigenvalue weighted by Gasteiger charge is -2.21. The van der Waals surface area contributed by atoms with E-state index in [4.69, 9.17) is 10.00 Å². The van der Waals surface area contributed by atoms with Crippen LogP contribution in [0.2, 0.25) is 0 Å². The van der Waals surface area contributed by atoms with Gasteiger partial charge in [-0.3, -0.25) is 4.79 Å². The van der Waals surface area contributed by atoms with Crippen molar-refractivity contribution in [2.75, 3.05) is 0 Å². The maximum Gasteiger partial charge on any atom is 0.303 e. The third-order valence-corrected chi connectivity index (χ3v) is 1.83. The van der Waals surface area contributed by atoms with Crippen molar-refractivity contribution in [1.29, 1.82) is 5.26 Å². The average Bonchev–Trinajstić information content (AvgIpc) is 2.04. The van der Waals surface area contributed by atoms with E-state index in [9.17, 15) is 4.79 Å². The minimum Gasteiger partial charge on any atom is -0.457 e. The highest BCUT2D eigenvalue weighted by Crippen LogP contribution is 2.20. The Morgan fingerprint density at radius 1 is 1.75 bits per heavy atom. The maximum atomic E-state index is 10.6. The van der Waals surface area contributed by atoms with Crippen LogP contribution >= 0.6 is 0 Å². The van der Waals surface area contributed by atoms with Crippen LogP contribution in [0.25, 0.3) is 0 Å². The van der Waals surface area contributed by atoms with Gasteiger partial charge in [0, 0.05) is 6.92 Å². The van der Waals surface area contributed by atoms with Gasteiger partial charge < -0.3 is 4.74 Å². The van der Waals surface area contributed by atoms with Crippen molar-refractivity contribution in [2.24, 2.45) is 5.92 Å². The Balaban J connectivity index is 2.59. The van der Waals surface area contributed by atoms with Gasteiger partial charge >= 0.3 is 5.97 Å². The highest BCUT2D eigenvalue weighted by atomic mass is 16.5. The first kappa shape index (κ1) is 8.79. The van der Waals surface area contributed by atoms with Gasteiger partial charge in [-0.1, -0.05) is 6.08 Å². The largest absolute Gasteiger partial charge is 0.457 e. The molecule has 3 heteroatoms. The molecule has 0 aromatic carbocycles. The summed E-state index contributed by atoms with van der Waals surface area (Å²) < 4.78 is 4.95. The number of allylic oxidation sites excluding steroid dienone is 1. The number of rotatable bonds is 1. The van der Waals surface area contributed by atoms with Crippen molar-refractivity contribution in [3.63, 3.8) is 0 Å². The summed E-state index contributed by atoms with van der Waals surface area (Å²) in [7, 11) is 0. The molecule has 0 spiro atoms. The summed E-state index contributed by atoms with van der Waals surface area (Å²) >= 11 is 0. The first-order chi connectivity index (χ1) is 5.74. The first-order valence-corrected chi connectivity index (χ1v) is 3.97. The van der Waals surface area contributed by atoms with Crippen LogP contribution in [0.5, 0.6) is 0 Å². The zero-order valence-corrected chi connectivity index (χ0v) is 6.99. The van der Waals surface area contributed by atoms with Crippen LogP contribution in [0.3, 0.4) is 0 Å². The number of hydrogen-bond acceptors (Lipinski definition) is 3. The van der Waals surface area contributed by atoms with Gasteiger partial charge in [-0.25, -0.2) is 0 Å². The molecule has 0 aliphatic heterocycles. The zero-order chi connectivity index (χ0) is 8.97.